The number of carboxylic acid groups (broad SMARTS) is 1. The van der Waals surface area contributed by atoms with E-state index < -0.39 is 12.0 Å². The summed E-state index contributed by atoms with van der Waals surface area (Å²) in [6.07, 6.45) is 0. The van der Waals surface area contributed by atoms with Crippen molar-refractivity contribution in [3.8, 4) is 0 Å². The number of benzene rings is 1. The molecular formula is C11H11N3O2. The van der Waals surface area contributed by atoms with Crippen molar-refractivity contribution in [2.75, 3.05) is 0 Å². The van der Waals surface area contributed by atoms with Crippen molar-refractivity contribution < 1.29 is 9.90 Å². The van der Waals surface area contributed by atoms with Crippen LogP contribution in [0, 0.1) is 0 Å². The Morgan fingerprint density at radius 1 is 1.50 bits per heavy atom. The Morgan fingerprint density at radius 3 is 3.12 bits per heavy atom. The second kappa shape index (κ2) is 3.31. The van der Waals surface area contributed by atoms with E-state index in [2.05, 4.69) is 10.3 Å². The molecule has 2 heterocycles. The summed E-state index contributed by atoms with van der Waals surface area (Å²) in [6.45, 7) is 0.941. The monoisotopic (exact) mass is 217 g/mol. The molecule has 0 aliphatic carbocycles. The minimum Gasteiger partial charge on any atom is -0.480 e. The summed E-state index contributed by atoms with van der Waals surface area (Å²) in [4.78, 5) is 15.4. The van der Waals surface area contributed by atoms with Crippen LogP contribution < -0.4 is 5.32 Å². The van der Waals surface area contributed by atoms with E-state index in [4.69, 9.17) is 5.11 Å². The molecule has 1 aliphatic rings. The fraction of sp³-hybridized carbons (Fsp3) is 0.273. The predicted octanol–water partition coefficient (Wildman–Crippen LogP) is 0.593. The van der Waals surface area contributed by atoms with Crippen molar-refractivity contribution in [3.63, 3.8) is 0 Å². The number of carbonyl (C=O) groups is 1. The minimum absolute atomic E-state index is 0.436. The van der Waals surface area contributed by atoms with Gasteiger partial charge >= 0.3 is 5.97 Å². The molecule has 1 aromatic carbocycles. The molecule has 1 unspecified atom stereocenters. The van der Waals surface area contributed by atoms with E-state index >= 15 is 0 Å². The Bertz CT molecular complexity index is 561. The van der Waals surface area contributed by atoms with Gasteiger partial charge in [0.2, 0.25) is 0 Å². The fourth-order valence-electron chi connectivity index (χ4n) is 2.09. The molecular weight excluding hydrogens is 206 g/mol. The predicted molar refractivity (Wildman–Crippen MR) is 58.0 cm³/mol. The zero-order chi connectivity index (χ0) is 11.1. The lowest BCUT2D eigenvalue weighted by atomic mass is 10.2. The molecule has 1 aromatic heterocycles. The molecule has 82 valence electrons. The first kappa shape index (κ1) is 9.35. The standard InChI is InChI=1S/C11H11N3O2/c15-11(16)8-6-14-9-4-2-1-3-7(9)13-10(14)5-12-8/h1-4,8,12H,5-6H2,(H,15,16). The van der Waals surface area contributed by atoms with Crippen molar-refractivity contribution >= 4 is 17.0 Å². The molecule has 5 heteroatoms. The largest absolute Gasteiger partial charge is 0.480 e. The summed E-state index contributed by atoms with van der Waals surface area (Å²) in [5, 5.41) is 11.9. The number of hydrogen-bond acceptors (Lipinski definition) is 3. The van der Waals surface area contributed by atoms with E-state index in [1.807, 2.05) is 28.8 Å². The van der Waals surface area contributed by atoms with E-state index in [-0.39, 0.29) is 0 Å². The van der Waals surface area contributed by atoms with Crippen LogP contribution in [0.1, 0.15) is 5.82 Å². The third-order valence-corrected chi connectivity index (χ3v) is 2.90. The number of hydrogen-bond donors (Lipinski definition) is 2. The Labute approximate surface area is 91.7 Å². The van der Waals surface area contributed by atoms with Gasteiger partial charge in [-0.2, -0.15) is 0 Å². The van der Waals surface area contributed by atoms with Gasteiger partial charge in [0.15, 0.2) is 0 Å². The average Bonchev–Trinajstić information content (AvgIpc) is 2.66. The maximum absolute atomic E-state index is 10.9. The number of rotatable bonds is 1. The van der Waals surface area contributed by atoms with Gasteiger partial charge in [0.05, 0.1) is 24.1 Å². The van der Waals surface area contributed by atoms with Gasteiger partial charge in [-0.1, -0.05) is 12.1 Å². The van der Waals surface area contributed by atoms with Crippen LogP contribution in [0.25, 0.3) is 11.0 Å². The summed E-state index contributed by atoms with van der Waals surface area (Å²) in [5.41, 5.74) is 1.93. The summed E-state index contributed by atoms with van der Waals surface area (Å²) in [6, 6.07) is 7.26. The average molecular weight is 217 g/mol. The number of aromatic nitrogens is 2. The molecule has 0 radical (unpaired) electrons. The van der Waals surface area contributed by atoms with Crippen molar-refractivity contribution in [1.82, 2.24) is 14.9 Å². The van der Waals surface area contributed by atoms with Gasteiger partial charge in [-0.05, 0) is 12.1 Å². The number of fused-ring (bicyclic) bond motifs is 3. The van der Waals surface area contributed by atoms with Crippen LogP contribution in [0.3, 0.4) is 0 Å². The lowest BCUT2D eigenvalue weighted by Crippen LogP contribution is -2.44. The molecule has 0 saturated carbocycles. The summed E-state index contributed by atoms with van der Waals surface area (Å²) < 4.78 is 1.98. The number of carboxylic acids is 1. The molecule has 2 N–H and O–H groups in total. The maximum atomic E-state index is 10.9. The number of imidazole rings is 1. The highest BCUT2D eigenvalue weighted by Gasteiger charge is 2.25. The molecule has 3 rings (SSSR count). The van der Waals surface area contributed by atoms with Crippen molar-refractivity contribution in [2.24, 2.45) is 0 Å². The molecule has 0 saturated heterocycles. The molecule has 1 aliphatic heterocycles. The highest BCUT2D eigenvalue weighted by atomic mass is 16.4. The van der Waals surface area contributed by atoms with E-state index in [9.17, 15) is 4.79 Å². The second-order valence-electron chi connectivity index (χ2n) is 3.90. The van der Waals surface area contributed by atoms with Crippen LogP contribution in [0.4, 0.5) is 0 Å². The number of para-hydroxylation sites is 2. The third kappa shape index (κ3) is 1.29. The molecule has 2 aromatic rings. The van der Waals surface area contributed by atoms with Gasteiger partial charge in [-0.3, -0.25) is 10.1 Å². The molecule has 1 atom stereocenters. The molecule has 16 heavy (non-hydrogen) atoms. The highest BCUT2D eigenvalue weighted by Crippen LogP contribution is 2.19. The van der Waals surface area contributed by atoms with Crippen LogP contribution in [-0.4, -0.2) is 26.7 Å². The van der Waals surface area contributed by atoms with Crippen LogP contribution >= 0.6 is 0 Å². The summed E-state index contributed by atoms with van der Waals surface area (Å²) in [5.74, 6) is 0.0853. The summed E-state index contributed by atoms with van der Waals surface area (Å²) in [7, 11) is 0. The lowest BCUT2D eigenvalue weighted by Gasteiger charge is -2.22. The lowest BCUT2D eigenvalue weighted by molar-refractivity contribution is -0.140. The van der Waals surface area contributed by atoms with Gasteiger partial charge in [0.25, 0.3) is 0 Å². The number of aliphatic carboxylic acids is 1. The van der Waals surface area contributed by atoms with Crippen molar-refractivity contribution in [3.05, 3.63) is 30.1 Å². The van der Waals surface area contributed by atoms with Crippen molar-refractivity contribution in [1.29, 1.82) is 0 Å². The molecule has 5 nitrogen and oxygen atoms in total. The highest BCUT2D eigenvalue weighted by molar-refractivity contribution is 5.78. The van der Waals surface area contributed by atoms with Gasteiger partial charge < -0.3 is 9.67 Å². The molecule has 0 bridgehead atoms. The minimum atomic E-state index is -0.816. The normalized spacial score (nSPS) is 19.6. The van der Waals surface area contributed by atoms with Gasteiger partial charge in [0, 0.05) is 0 Å². The van der Waals surface area contributed by atoms with Gasteiger partial charge in [-0.15, -0.1) is 0 Å². The maximum Gasteiger partial charge on any atom is 0.322 e. The fourth-order valence-corrected chi connectivity index (χ4v) is 2.09. The Morgan fingerprint density at radius 2 is 2.31 bits per heavy atom. The van der Waals surface area contributed by atoms with E-state index in [1.54, 1.807) is 0 Å². The molecule has 0 fully saturated rings. The number of nitrogens with zero attached hydrogens (tertiary/aromatic N) is 2. The topological polar surface area (TPSA) is 67.1 Å². The van der Waals surface area contributed by atoms with Crippen LogP contribution in [0.5, 0.6) is 0 Å². The Hall–Kier alpha value is -1.88. The molecule has 0 spiro atoms. The van der Waals surface area contributed by atoms with Crippen LogP contribution in [0.2, 0.25) is 0 Å². The van der Waals surface area contributed by atoms with E-state index in [0.29, 0.717) is 13.1 Å². The van der Waals surface area contributed by atoms with Crippen molar-refractivity contribution in [2.45, 2.75) is 19.1 Å². The Kier molecular flexibility index (Phi) is 1.94. The smallest absolute Gasteiger partial charge is 0.322 e. The van der Waals surface area contributed by atoms with E-state index in [0.717, 1.165) is 16.9 Å². The summed E-state index contributed by atoms with van der Waals surface area (Å²) >= 11 is 0. The van der Waals surface area contributed by atoms with Gasteiger partial charge in [-0.25, -0.2) is 4.98 Å². The first-order valence-corrected chi connectivity index (χ1v) is 5.16. The zero-order valence-electron chi connectivity index (χ0n) is 8.55. The first-order chi connectivity index (χ1) is 7.75. The molecule has 0 amide bonds. The Balaban J connectivity index is 2.11. The van der Waals surface area contributed by atoms with Crippen LogP contribution in [0.15, 0.2) is 24.3 Å². The number of nitrogens with one attached hydrogen (secondary N) is 1. The van der Waals surface area contributed by atoms with Gasteiger partial charge in [0.1, 0.15) is 11.9 Å². The second-order valence-corrected chi connectivity index (χ2v) is 3.90. The van der Waals surface area contributed by atoms with E-state index in [1.165, 1.54) is 0 Å². The zero-order valence-corrected chi connectivity index (χ0v) is 8.55. The first-order valence-electron chi connectivity index (χ1n) is 5.16. The SMILES string of the molecule is O=C(O)C1Cn2c(nc3ccccc32)CN1. The quantitative estimate of drug-likeness (QED) is 0.733. The van der Waals surface area contributed by atoms with Crippen LogP contribution in [-0.2, 0) is 17.9 Å². The third-order valence-electron chi connectivity index (χ3n) is 2.90.